The van der Waals surface area contributed by atoms with Gasteiger partial charge in [-0.3, -0.25) is 4.79 Å². The zero-order valence-corrected chi connectivity index (χ0v) is 15.8. The number of hydrogen-bond donors (Lipinski definition) is 4. The second-order valence-corrected chi connectivity index (χ2v) is 5.59. The van der Waals surface area contributed by atoms with Crippen molar-refractivity contribution in [2.45, 2.75) is 27.2 Å². The largest absolute Gasteiger partial charge is 0.378 e. The van der Waals surface area contributed by atoms with Crippen LogP contribution in [0, 0.1) is 5.41 Å². The van der Waals surface area contributed by atoms with Gasteiger partial charge in [0.15, 0.2) is 5.84 Å². The number of aryl methyl sites for hydroxylation is 1. The average Bonchev–Trinajstić information content (AvgIpc) is 2.64. The lowest BCUT2D eigenvalue weighted by atomic mass is 10.0. The molecular weight excluding hydrogens is 330 g/mol. The zero-order chi connectivity index (χ0) is 19.4. The first-order valence-corrected chi connectivity index (χ1v) is 8.73. The number of aliphatic imine (C=N–C) groups is 1. The van der Waals surface area contributed by atoms with E-state index in [0.717, 1.165) is 11.3 Å². The van der Waals surface area contributed by atoms with Crippen molar-refractivity contribution in [2.75, 3.05) is 31.6 Å². The van der Waals surface area contributed by atoms with E-state index in [-0.39, 0.29) is 5.91 Å². The molecule has 0 saturated heterocycles. The molecule has 0 aromatic heterocycles. The van der Waals surface area contributed by atoms with Crippen molar-refractivity contribution < 1.29 is 9.53 Å². The first kappa shape index (κ1) is 21.5. The summed E-state index contributed by atoms with van der Waals surface area (Å²) in [5, 5.41) is 13.8. The third-order valence-electron chi connectivity index (χ3n) is 3.50. The molecule has 7 nitrogen and oxygen atoms in total. The number of anilines is 1. The molecule has 0 aliphatic heterocycles. The number of allylic oxidation sites excluding steroid dienone is 1. The molecular formula is C19H29N5O2. The smallest absolute Gasteiger partial charge is 0.251 e. The van der Waals surface area contributed by atoms with Crippen molar-refractivity contribution in [1.29, 1.82) is 5.41 Å². The number of nitrogens with zero attached hydrogens (tertiary/aromatic N) is 1. The molecule has 1 aromatic carbocycles. The van der Waals surface area contributed by atoms with Crippen LogP contribution in [0.4, 0.5) is 5.69 Å². The molecule has 0 aliphatic rings. The zero-order valence-electron chi connectivity index (χ0n) is 15.8. The highest BCUT2D eigenvalue weighted by atomic mass is 16.5. The number of amides is 1. The Bertz CT molecular complexity index is 668. The summed E-state index contributed by atoms with van der Waals surface area (Å²) in [6.07, 6.45) is 4.15. The standard InChI is InChI=1S/C19H29N5O2/c1-4-9-22-18(14(3)21)24-16-6-7-17(15(5-2)13-16)19(25)23-10-12-26-11-8-20/h4,6-7,9,13,21H,5,8,10-12,20H2,1-3H3,(H,22,24)(H,23,25)/b9-4-,21-14?. The maximum Gasteiger partial charge on any atom is 0.251 e. The van der Waals surface area contributed by atoms with Gasteiger partial charge in [-0.25, -0.2) is 4.99 Å². The Balaban J connectivity index is 2.83. The Labute approximate surface area is 155 Å². The molecule has 0 heterocycles. The number of nitrogens with one attached hydrogen (secondary N) is 3. The highest BCUT2D eigenvalue weighted by molar-refractivity contribution is 6.43. The number of nitrogens with two attached hydrogens (primary N) is 1. The van der Waals surface area contributed by atoms with Crippen LogP contribution < -0.4 is 16.4 Å². The first-order valence-electron chi connectivity index (χ1n) is 8.73. The Hall–Kier alpha value is -2.51. The van der Waals surface area contributed by atoms with E-state index in [2.05, 4.69) is 15.6 Å². The predicted molar refractivity (Wildman–Crippen MR) is 107 cm³/mol. The van der Waals surface area contributed by atoms with E-state index in [4.69, 9.17) is 15.9 Å². The summed E-state index contributed by atoms with van der Waals surface area (Å²) < 4.78 is 5.25. The SMILES string of the molecule is C/C=C\N=C(Nc1ccc(C(=O)NCCOCCN)c(CC)c1)C(C)=N. The van der Waals surface area contributed by atoms with E-state index in [0.29, 0.717) is 49.8 Å². The molecule has 0 atom stereocenters. The number of amidine groups is 1. The molecule has 5 N–H and O–H groups in total. The van der Waals surface area contributed by atoms with Gasteiger partial charge in [0.25, 0.3) is 5.91 Å². The molecule has 1 amide bonds. The van der Waals surface area contributed by atoms with Gasteiger partial charge in [-0.1, -0.05) is 13.0 Å². The molecule has 26 heavy (non-hydrogen) atoms. The minimum atomic E-state index is -0.129. The fraction of sp³-hybridized carbons (Fsp3) is 0.421. The quantitative estimate of drug-likeness (QED) is 0.292. The summed E-state index contributed by atoms with van der Waals surface area (Å²) in [7, 11) is 0. The number of hydrogen-bond acceptors (Lipinski definition) is 5. The molecule has 0 bridgehead atoms. The van der Waals surface area contributed by atoms with E-state index in [9.17, 15) is 4.79 Å². The van der Waals surface area contributed by atoms with Gasteiger partial charge in [0.2, 0.25) is 0 Å². The molecule has 0 radical (unpaired) electrons. The highest BCUT2D eigenvalue weighted by Crippen LogP contribution is 2.17. The third kappa shape index (κ3) is 7.16. The fourth-order valence-electron chi connectivity index (χ4n) is 2.21. The normalized spacial score (nSPS) is 11.6. The van der Waals surface area contributed by atoms with Crippen molar-refractivity contribution in [3.05, 3.63) is 41.6 Å². The van der Waals surface area contributed by atoms with Crippen molar-refractivity contribution in [1.82, 2.24) is 5.32 Å². The molecule has 0 unspecified atom stereocenters. The molecule has 0 aliphatic carbocycles. The Morgan fingerprint density at radius 3 is 2.77 bits per heavy atom. The van der Waals surface area contributed by atoms with Crippen LogP contribution in [0.2, 0.25) is 0 Å². The van der Waals surface area contributed by atoms with Gasteiger partial charge in [0.05, 0.1) is 18.9 Å². The van der Waals surface area contributed by atoms with E-state index >= 15 is 0 Å². The lowest BCUT2D eigenvalue weighted by molar-refractivity contribution is 0.0919. The second kappa shape index (κ2) is 11.9. The van der Waals surface area contributed by atoms with Gasteiger partial charge in [0.1, 0.15) is 0 Å². The van der Waals surface area contributed by atoms with Gasteiger partial charge in [-0.15, -0.1) is 0 Å². The number of ether oxygens (including phenoxy) is 1. The van der Waals surface area contributed by atoms with Gasteiger partial charge < -0.3 is 26.5 Å². The van der Waals surface area contributed by atoms with Crippen LogP contribution in [0.25, 0.3) is 0 Å². The summed E-state index contributed by atoms with van der Waals surface area (Å²) in [4.78, 5) is 16.6. The number of rotatable bonds is 10. The summed E-state index contributed by atoms with van der Waals surface area (Å²) in [5.41, 5.74) is 8.03. The number of benzene rings is 1. The summed E-state index contributed by atoms with van der Waals surface area (Å²) in [6, 6.07) is 5.50. The lowest BCUT2D eigenvalue weighted by Crippen LogP contribution is -2.28. The molecule has 0 spiro atoms. The molecule has 7 heteroatoms. The molecule has 1 aromatic rings. The van der Waals surface area contributed by atoms with Crippen LogP contribution in [0.1, 0.15) is 36.7 Å². The second-order valence-electron chi connectivity index (χ2n) is 5.59. The van der Waals surface area contributed by atoms with Gasteiger partial charge in [0, 0.05) is 30.5 Å². The average molecular weight is 359 g/mol. The Morgan fingerprint density at radius 2 is 2.15 bits per heavy atom. The van der Waals surface area contributed by atoms with Crippen molar-refractivity contribution in [3.8, 4) is 0 Å². The summed E-state index contributed by atoms with van der Waals surface area (Å²) in [6.45, 7) is 7.37. The Morgan fingerprint density at radius 1 is 1.38 bits per heavy atom. The van der Waals surface area contributed by atoms with Crippen LogP contribution in [0.15, 0.2) is 35.5 Å². The predicted octanol–water partition coefficient (Wildman–Crippen LogP) is 2.34. The first-order chi connectivity index (χ1) is 12.5. The van der Waals surface area contributed by atoms with Gasteiger partial charge in [-0.05, 0) is 44.0 Å². The number of carbonyl (C=O) groups excluding carboxylic acids is 1. The van der Waals surface area contributed by atoms with Gasteiger partial charge >= 0.3 is 0 Å². The lowest BCUT2D eigenvalue weighted by Gasteiger charge is -2.13. The van der Waals surface area contributed by atoms with E-state index < -0.39 is 0 Å². The van der Waals surface area contributed by atoms with Crippen molar-refractivity contribution in [3.63, 3.8) is 0 Å². The van der Waals surface area contributed by atoms with Crippen LogP contribution in [0.5, 0.6) is 0 Å². The summed E-state index contributed by atoms with van der Waals surface area (Å²) in [5.74, 6) is 0.343. The fourth-order valence-corrected chi connectivity index (χ4v) is 2.21. The topological polar surface area (TPSA) is 113 Å². The van der Waals surface area contributed by atoms with Crippen molar-refractivity contribution in [2.24, 2.45) is 10.7 Å². The number of carbonyl (C=O) groups is 1. The maximum atomic E-state index is 12.4. The van der Waals surface area contributed by atoms with Crippen LogP contribution in [0.3, 0.4) is 0 Å². The maximum absolute atomic E-state index is 12.4. The van der Waals surface area contributed by atoms with Crippen LogP contribution in [-0.2, 0) is 11.2 Å². The van der Waals surface area contributed by atoms with Crippen LogP contribution in [-0.4, -0.2) is 43.8 Å². The van der Waals surface area contributed by atoms with Crippen LogP contribution >= 0.6 is 0 Å². The van der Waals surface area contributed by atoms with Gasteiger partial charge in [-0.2, -0.15) is 0 Å². The van der Waals surface area contributed by atoms with Crippen molar-refractivity contribution >= 4 is 23.1 Å². The van der Waals surface area contributed by atoms with E-state index in [1.54, 1.807) is 25.3 Å². The monoisotopic (exact) mass is 359 g/mol. The minimum Gasteiger partial charge on any atom is -0.378 e. The van der Waals surface area contributed by atoms with E-state index in [1.807, 2.05) is 26.0 Å². The minimum absolute atomic E-state index is 0.129. The third-order valence-corrected chi connectivity index (χ3v) is 3.50. The highest BCUT2D eigenvalue weighted by Gasteiger charge is 2.12. The molecule has 0 fully saturated rings. The molecule has 0 saturated carbocycles. The van der Waals surface area contributed by atoms with E-state index in [1.165, 1.54) is 0 Å². The Kier molecular flexibility index (Phi) is 9.89. The summed E-state index contributed by atoms with van der Waals surface area (Å²) >= 11 is 0. The molecule has 1 rings (SSSR count). The molecule has 142 valence electrons.